The van der Waals surface area contributed by atoms with Crippen LogP contribution in [0.25, 0.3) is 33.2 Å². The fraction of sp³-hybridized carbons (Fsp3) is 0.136. The number of fused-ring (bicyclic) bond motifs is 1. The van der Waals surface area contributed by atoms with E-state index in [0.717, 1.165) is 46.0 Å². The topological polar surface area (TPSA) is 84.8 Å². The zero-order valence-corrected chi connectivity index (χ0v) is 16.3. The summed E-state index contributed by atoms with van der Waals surface area (Å²) in [6.45, 7) is 0. The van der Waals surface area contributed by atoms with E-state index >= 15 is 0 Å². The van der Waals surface area contributed by atoms with Gasteiger partial charge in [-0.05, 0) is 65.9 Å². The van der Waals surface area contributed by atoms with Crippen LogP contribution in [0.2, 0.25) is 0 Å². The lowest BCUT2D eigenvalue weighted by Gasteiger charge is -2.10. The number of hydrogen-bond donors (Lipinski definition) is 1. The number of anilines is 1. The van der Waals surface area contributed by atoms with E-state index in [1.807, 2.05) is 36.4 Å². The Bertz CT molecular complexity index is 1300. The number of nitrogens with one attached hydrogen (secondary N) is 1. The van der Waals surface area contributed by atoms with Gasteiger partial charge in [-0.3, -0.25) is 19.7 Å². The van der Waals surface area contributed by atoms with Gasteiger partial charge in [0.05, 0.1) is 22.7 Å². The first-order valence-electron chi connectivity index (χ1n) is 9.36. The minimum absolute atomic E-state index is 0.277. The van der Waals surface area contributed by atoms with Crippen molar-refractivity contribution in [2.45, 2.75) is 18.1 Å². The molecule has 0 amide bonds. The first-order valence-corrected chi connectivity index (χ1v) is 10.9. The standard InChI is InChI=1S/C22H18N4O2S/c27-29(28,19-2-3-19)26-18-11-17(13-24-14-18)16-1-4-22-21(12-16)20(7-10-25-22)15-5-8-23-9-6-15/h1,4-14,19,26H,2-3H2. The Labute approximate surface area is 168 Å². The van der Waals surface area contributed by atoms with Crippen molar-refractivity contribution < 1.29 is 8.42 Å². The van der Waals surface area contributed by atoms with Crippen molar-refractivity contribution in [3.8, 4) is 22.3 Å². The second-order valence-electron chi connectivity index (χ2n) is 7.14. The van der Waals surface area contributed by atoms with Crippen LogP contribution < -0.4 is 4.72 Å². The molecule has 4 aromatic rings. The summed E-state index contributed by atoms with van der Waals surface area (Å²) in [5.74, 6) is 0. The molecular formula is C22H18N4O2S. The molecular weight excluding hydrogens is 384 g/mol. The van der Waals surface area contributed by atoms with Crippen LogP contribution in [0.4, 0.5) is 5.69 Å². The van der Waals surface area contributed by atoms with Crippen molar-refractivity contribution in [2.75, 3.05) is 4.72 Å². The maximum absolute atomic E-state index is 12.2. The van der Waals surface area contributed by atoms with Crippen LogP contribution in [0.3, 0.4) is 0 Å². The van der Waals surface area contributed by atoms with Gasteiger partial charge in [0, 0.05) is 35.7 Å². The van der Waals surface area contributed by atoms with E-state index in [1.54, 1.807) is 24.8 Å². The van der Waals surface area contributed by atoms with Gasteiger partial charge in [-0.25, -0.2) is 8.42 Å². The normalized spacial score (nSPS) is 14.1. The molecule has 0 atom stereocenters. The molecule has 3 heterocycles. The zero-order chi connectivity index (χ0) is 19.8. The molecule has 1 fully saturated rings. The molecule has 1 aliphatic rings. The van der Waals surface area contributed by atoms with Crippen LogP contribution in [-0.2, 0) is 10.0 Å². The van der Waals surface area contributed by atoms with Crippen molar-refractivity contribution in [2.24, 2.45) is 0 Å². The number of sulfonamides is 1. The van der Waals surface area contributed by atoms with Crippen molar-refractivity contribution >= 4 is 26.6 Å². The lowest BCUT2D eigenvalue weighted by molar-refractivity contribution is 0.600. The maximum Gasteiger partial charge on any atom is 0.235 e. The third-order valence-electron chi connectivity index (χ3n) is 5.03. The van der Waals surface area contributed by atoms with Gasteiger partial charge < -0.3 is 0 Å². The van der Waals surface area contributed by atoms with Gasteiger partial charge in [-0.2, -0.15) is 0 Å². The van der Waals surface area contributed by atoms with Crippen molar-refractivity contribution in [3.63, 3.8) is 0 Å². The van der Waals surface area contributed by atoms with E-state index in [4.69, 9.17) is 0 Å². The molecule has 29 heavy (non-hydrogen) atoms. The Hall–Kier alpha value is -3.32. The third kappa shape index (κ3) is 3.56. The molecule has 144 valence electrons. The van der Waals surface area contributed by atoms with Crippen molar-refractivity contribution in [1.82, 2.24) is 15.0 Å². The van der Waals surface area contributed by atoms with Gasteiger partial charge >= 0.3 is 0 Å². The molecule has 1 saturated carbocycles. The SMILES string of the molecule is O=S(=O)(Nc1cncc(-c2ccc3nccc(-c4ccncc4)c3c2)c1)C1CC1. The molecule has 3 aromatic heterocycles. The summed E-state index contributed by atoms with van der Waals surface area (Å²) in [4.78, 5) is 12.8. The van der Waals surface area contributed by atoms with Crippen molar-refractivity contribution in [3.05, 3.63) is 73.4 Å². The summed E-state index contributed by atoms with van der Waals surface area (Å²) < 4.78 is 27.1. The largest absolute Gasteiger partial charge is 0.282 e. The Morgan fingerprint density at radius 3 is 2.45 bits per heavy atom. The predicted molar refractivity (Wildman–Crippen MR) is 114 cm³/mol. The van der Waals surface area contributed by atoms with Gasteiger partial charge in [0.15, 0.2) is 0 Å². The minimum atomic E-state index is -3.32. The number of benzene rings is 1. The van der Waals surface area contributed by atoms with E-state index in [0.29, 0.717) is 5.69 Å². The highest BCUT2D eigenvalue weighted by molar-refractivity contribution is 7.93. The molecule has 0 unspecified atom stereocenters. The molecule has 1 aliphatic carbocycles. The average molecular weight is 402 g/mol. The molecule has 1 aromatic carbocycles. The molecule has 7 heteroatoms. The Balaban J connectivity index is 1.56. The van der Waals surface area contributed by atoms with Crippen LogP contribution in [0.5, 0.6) is 0 Å². The van der Waals surface area contributed by atoms with Crippen LogP contribution in [0.1, 0.15) is 12.8 Å². The summed E-state index contributed by atoms with van der Waals surface area (Å²) in [5.41, 5.74) is 5.29. The Morgan fingerprint density at radius 1 is 0.828 bits per heavy atom. The van der Waals surface area contributed by atoms with E-state index in [1.165, 1.54) is 6.20 Å². The van der Waals surface area contributed by atoms with Crippen LogP contribution in [-0.4, -0.2) is 28.6 Å². The lowest BCUT2D eigenvalue weighted by Crippen LogP contribution is -2.17. The molecule has 0 bridgehead atoms. The molecule has 0 saturated heterocycles. The number of pyridine rings is 3. The number of hydrogen-bond acceptors (Lipinski definition) is 5. The second kappa shape index (κ2) is 6.93. The van der Waals surface area contributed by atoms with E-state index < -0.39 is 10.0 Å². The smallest absolute Gasteiger partial charge is 0.235 e. The molecule has 1 N–H and O–H groups in total. The fourth-order valence-corrected chi connectivity index (χ4v) is 4.75. The summed E-state index contributed by atoms with van der Waals surface area (Å²) in [7, 11) is -3.32. The van der Waals surface area contributed by atoms with Gasteiger partial charge in [-0.1, -0.05) is 6.07 Å². The summed E-state index contributed by atoms with van der Waals surface area (Å²) in [6, 6.07) is 13.7. The van der Waals surface area contributed by atoms with Gasteiger partial charge in [0.2, 0.25) is 10.0 Å². The van der Waals surface area contributed by atoms with Crippen LogP contribution >= 0.6 is 0 Å². The van der Waals surface area contributed by atoms with Crippen LogP contribution in [0, 0.1) is 0 Å². The molecule has 0 radical (unpaired) electrons. The Kier molecular flexibility index (Phi) is 4.24. The maximum atomic E-state index is 12.2. The fourth-order valence-electron chi connectivity index (χ4n) is 3.39. The average Bonchev–Trinajstić information content (AvgIpc) is 3.60. The van der Waals surface area contributed by atoms with Gasteiger partial charge in [-0.15, -0.1) is 0 Å². The first kappa shape index (κ1) is 17.8. The third-order valence-corrected chi connectivity index (χ3v) is 6.90. The second-order valence-corrected chi connectivity index (χ2v) is 9.10. The van der Waals surface area contributed by atoms with E-state index in [9.17, 15) is 8.42 Å². The van der Waals surface area contributed by atoms with Crippen molar-refractivity contribution in [1.29, 1.82) is 0 Å². The molecule has 6 nitrogen and oxygen atoms in total. The highest BCUT2D eigenvalue weighted by Gasteiger charge is 2.35. The Morgan fingerprint density at radius 2 is 1.66 bits per heavy atom. The summed E-state index contributed by atoms with van der Waals surface area (Å²) in [6.07, 6.45) is 10.0. The van der Waals surface area contributed by atoms with Gasteiger partial charge in [0.1, 0.15) is 0 Å². The highest BCUT2D eigenvalue weighted by Crippen LogP contribution is 2.33. The van der Waals surface area contributed by atoms with Gasteiger partial charge in [0.25, 0.3) is 0 Å². The minimum Gasteiger partial charge on any atom is -0.282 e. The summed E-state index contributed by atoms with van der Waals surface area (Å²) >= 11 is 0. The highest BCUT2D eigenvalue weighted by atomic mass is 32.2. The molecule has 0 spiro atoms. The number of rotatable bonds is 5. The lowest BCUT2D eigenvalue weighted by atomic mass is 9.98. The molecule has 0 aliphatic heterocycles. The van der Waals surface area contributed by atoms with Crippen LogP contribution in [0.15, 0.2) is 73.4 Å². The number of nitrogens with zero attached hydrogens (tertiary/aromatic N) is 3. The zero-order valence-electron chi connectivity index (χ0n) is 15.5. The monoisotopic (exact) mass is 402 g/mol. The summed E-state index contributed by atoms with van der Waals surface area (Å²) in [5, 5.41) is 0.737. The van der Waals surface area contributed by atoms with E-state index in [2.05, 4.69) is 25.7 Å². The number of aromatic nitrogens is 3. The van der Waals surface area contributed by atoms with E-state index in [-0.39, 0.29) is 5.25 Å². The molecule has 5 rings (SSSR count). The first-order chi connectivity index (χ1) is 14.1. The quantitative estimate of drug-likeness (QED) is 0.539. The predicted octanol–water partition coefficient (Wildman–Crippen LogP) is 4.26.